The van der Waals surface area contributed by atoms with Crippen molar-refractivity contribution < 1.29 is 19.2 Å². The average Bonchev–Trinajstić information content (AvgIpc) is 2.56. The van der Waals surface area contributed by atoms with E-state index >= 15 is 0 Å². The summed E-state index contributed by atoms with van der Waals surface area (Å²) in [7, 11) is 1.41. The van der Waals surface area contributed by atoms with Crippen LogP contribution in [0.3, 0.4) is 0 Å². The monoisotopic (exact) mass is 315 g/mol. The van der Waals surface area contributed by atoms with Gasteiger partial charge in [0.05, 0.1) is 24.0 Å². The lowest BCUT2D eigenvalue weighted by Gasteiger charge is -2.15. The number of hydrogen-bond acceptors (Lipinski definition) is 5. The van der Waals surface area contributed by atoms with Gasteiger partial charge in [0.1, 0.15) is 0 Å². The zero-order valence-electron chi connectivity index (χ0n) is 12.9. The van der Waals surface area contributed by atoms with Gasteiger partial charge in [-0.1, -0.05) is 37.3 Å². The van der Waals surface area contributed by atoms with E-state index < -0.39 is 16.8 Å². The highest BCUT2D eigenvalue weighted by molar-refractivity contribution is 5.81. The van der Waals surface area contributed by atoms with Crippen LogP contribution in [0.4, 0.5) is 5.69 Å². The number of methoxy groups -OCH3 is 1. The fourth-order valence-electron chi connectivity index (χ4n) is 2.26. The zero-order chi connectivity index (χ0) is 16.8. The van der Waals surface area contributed by atoms with Crippen LogP contribution in [0.25, 0.3) is 0 Å². The van der Waals surface area contributed by atoms with Gasteiger partial charge in [0, 0.05) is 6.07 Å². The van der Waals surface area contributed by atoms with Gasteiger partial charge in [0.2, 0.25) is 0 Å². The molecule has 23 heavy (non-hydrogen) atoms. The van der Waals surface area contributed by atoms with Crippen LogP contribution in [0, 0.1) is 10.1 Å². The molecule has 2 aromatic rings. The van der Waals surface area contributed by atoms with Gasteiger partial charge in [-0.25, -0.2) is 0 Å². The number of rotatable bonds is 6. The number of ether oxygens (including phenoxy) is 2. The summed E-state index contributed by atoms with van der Waals surface area (Å²) in [5, 5.41) is 10.9. The van der Waals surface area contributed by atoms with E-state index in [-0.39, 0.29) is 17.2 Å². The Hall–Kier alpha value is -2.89. The summed E-state index contributed by atoms with van der Waals surface area (Å²) in [6.07, 6.45) is 0.556. The second-order valence-electron chi connectivity index (χ2n) is 4.88. The van der Waals surface area contributed by atoms with Crippen LogP contribution in [0.2, 0.25) is 0 Å². The molecule has 0 saturated carbocycles. The SMILES string of the molecule is CCC(C(=O)Oc1cc([N+](=O)[O-])ccc1OC)c1ccccc1. The molecule has 1 unspecified atom stereocenters. The summed E-state index contributed by atoms with van der Waals surface area (Å²) in [5.41, 5.74) is 0.672. The van der Waals surface area contributed by atoms with Crippen LogP contribution in [-0.2, 0) is 4.79 Å². The third-order valence-electron chi connectivity index (χ3n) is 3.46. The lowest BCUT2D eigenvalue weighted by atomic mass is 9.97. The Labute approximate surface area is 133 Å². The predicted molar refractivity (Wildman–Crippen MR) is 84.8 cm³/mol. The zero-order valence-corrected chi connectivity index (χ0v) is 12.9. The smallest absolute Gasteiger partial charge is 0.318 e. The van der Waals surface area contributed by atoms with E-state index in [2.05, 4.69) is 0 Å². The number of carbonyl (C=O) groups is 1. The number of benzene rings is 2. The molecule has 0 aliphatic heterocycles. The van der Waals surface area contributed by atoms with Gasteiger partial charge in [-0.05, 0) is 18.1 Å². The molecule has 2 rings (SSSR count). The molecule has 0 fully saturated rings. The fourth-order valence-corrected chi connectivity index (χ4v) is 2.26. The second-order valence-corrected chi connectivity index (χ2v) is 4.88. The van der Waals surface area contributed by atoms with Crippen molar-refractivity contribution in [2.45, 2.75) is 19.3 Å². The lowest BCUT2D eigenvalue weighted by Crippen LogP contribution is -2.18. The Balaban J connectivity index is 2.28. The highest BCUT2D eigenvalue weighted by Crippen LogP contribution is 2.33. The molecular formula is C17H17NO5. The van der Waals surface area contributed by atoms with Crippen LogP contribution < -0.4 is 9.47 Å². The molecule has 0 aromatic heterocycles. The Morgan fingerprint density at radius 1 is 1.17 bits per heavy atom. The topological polar surface area (TPSA) is 78.7 Å². The van der Waals surface area contributed by atoms with Crippen molar-refractivity contribution in [1.29, 1.82) is 0 Å². The van der Waals surface area contributed by atoms with Crippen molar-refractivity contribution in [1.82, 2.24) is 0 Å². The maximum Gasteiger partial charge on any atom is 0.318 e. The summed E-state index contributed by atoms with van der Waals surface area (Å²) in [6, 6.07) is 13.1. The standard InChI is InChI=1S/C17H17NO5/c1-3-14(12-7-5-4-6-8-12)17(19)23-16-11-13(18(20)21)9-10-15(16)22-2/h4-11,14H,3H2,1-2H3. The number of esters is 1. The first kappa shape index (κ1) is 16.5. The highest BCUT2D eigenvalue weighted by atomic mass is 16.6. The summed E-state index contributed by atoms with van der Waals surface area (Å²) in [4.78, 5) is 22.8. The van der Waals surface area contributed by atoms with E-state index in [1.54, 1.807) is 0 Å². The molecule has 120 valence electrons. The maximum atomic E-state index is 12.4. The molecule has 6 nitrogen and oxygen atoms in total. The number of carbonyl (C=O) groups excluding carboxylic acids is 1. The number of nitro benzene ring substituents is 1. The minimum Gasteiger partial charge on any atom is -0.493 e. The van der Waals surface area contributed by atoms with Gasteiger partial charge < -0.3 is 9.47 Å². The van der Waals surface area contributed by atoms with Crippen LogP contribution in [0.5, 0.6) is 11.5 Å². The molecule has 6 heteroatoms. The third kappa shape index (κ3) is 3.85. The van der Waals surface area contributed by atoms with Gasteiger partial charge in [-0.3, -0.25) is 14.9 Å². The fraction of sp³-hybridized carbons (Fsp3) is 0.235. The van der Waals surface area contributed by atoms with E-state index in [0.717, 1.165) is 5.56 Å². The van der Waals surface area contributed by atoms with Crippen molar-refractivity contribution in [2.24, 2.45) is 0 Å². The van der Waals surface area contributed by atoms with E-state index in [4.69, 9.17) is 9.47 Å². The van der Waals surface area contributed by atoms with Gasteiger partial charge in [0.15, 0.2) is 11.5 Å². The van der Waals surface area contributed by atoms with E-state index in [1.165, 1.54) is 25.3 Å². The molecule has 2 aromatic carbocycles. The molecule has 0 saturated heterocycles. The third-order valence-corrected chi connectivity index (χ3v) is 3.46. The minimum absolute atomic E-state index is 0.0427. The van der Waals surface area contributed by atoms with Crippen LogP contribution in [-0.4, -0.2) is 18.0 Å². The van der Waals surface area contributed by atoms with E-state index in [0.29, 0.717) is 6.42 Å². The molecule has 0 bridgehead atoms. The van der Waals surface area contributed by atoms with E-state index in [9.17, 15) is 14.9 Å². The molecule has 0 aliphatic carbocycles. The maximum absolute atomic E-state index is 12.4. The van der Waals surface area contributed by atoms with Gasteiger partial charge >= 0.3 is 5.97 Å². The van der Waals surface area contributed by atoms with Crippen LogP contribution >= 0.6 is 0 Å². The molecule has 1 atom stereocenters. The minimum atomic E-state index is -0.550. The average molecular weight is 315 g/mol. The Bertz CT molecular complexity index is 699. The summed E-state index contributed by atoms with van der Waals surface area (Å²) in [5.74, 6) is -0.606. The molecule has 0 amide bonds. The first-order valence-corrected chi connectivity index (χ1v) is 7.15. The van der Waals surface area contributed by atoms with Crippen molar-refractivity contribution in [3.63, 3.8) is 0 Å². The van der Waals surface area contributed by atoms with Crippen molar-refractivity contribution in [3.05, 3.63) is 64.2 Å². The quantitative estimate of drug-likeness (QED) is 0.351. The van der Waals surface area contributed by atoms with Crippen molar-refractivity contribution in [3.8, 4) is 11.5 Å². The molecular weight excluding hydrogens is 298 g/mol. The predicted octanol–water partition coefficient (Wildman–Crippen LogP) is 3.70. The van der Waals surface area contributed by atoms with Crippen LogP contribution in [0.1, 0.15) is 24.8 Å². The molecule has 0 spiro atoms. The van der Waals surface area contributed by atoms with Gasteiger partial charge in [-0.2, -0.15) is 0 Å². The van der Waals surface area contributed by atoms with Gasteiger partial charge in [0.25, 0.3) is 5.69 Å². The van der Waals surface area contributed by atoms with Crippen molar-refractivity contribution in [2.75, 3.05) is 7.11 Å². The lowest BCUT2D eigenvalue weighted by molar-refractivity contribution is -0.384. The van der Waals surface area contributed by atoms with Crippen molar-refractivity contribution >= 4 is 11.7 Å². The normalized spacial score (nSPS) is 11.6. The molecule has 0 aliphatic rings. The summed E-state index contributed by atoms with van der Waals surface area (Å²) in [6.45, 7) is 1.88. The van der Waals surface area contributed by atoms with Gasteiger partial charge in [-0.15, -0.1) is 0 Å². The first-order chi connectivity index (χ1) is 11.1. The number of nitrogens with zero attached hydrogens (tertiary/aromatic N) is 1. The van der Waals surface area contributed by atoms with E-state index in [1.807, 2.05) is 37.3 Å². The molecule has 0 heterocycles. The highest BCUT2D eigenvalue weighted by Gasteiger charge is 2.23. The number of hydrogen-bond donors (Lipinski definition) is 0. The van der Waals surface area contributed by atoms with Crippen LogP contribution in [0.15, 0.2) is 48.5 Å². The molecule has 0 N–H and O–H groups in total. The largest absolute Gasteiger partial charge is 0.493 e. The first-order valence-electron chi connectivity index (χ1n) is 7.15. The second kappa shape index (κ2) is 7.40. The summed E-state index contributed by atoms with van der Waals surface area (Å²) >= 11 is 0. The Kier molecular flexibility index (Phi) is 5.30. The number of nitro groups is 1. The number of non-ortho nitro benzene ring substituents is 1. The Morgan fingerprint density at radius 2 is 1.87 bits per heavy atom. The molecule has 0 radical (unpaired) electrons. The Morgan fingerprint density at radius 3 is 2.43 bits per heavy atom. The summed E-state index contributed by atoms with van der Waals surface area (Å²) < 4.78 is 10.5.